The fourth-order valence-corrected chi connectivity index (χ4v) is 2.30. The molecule has 0 aliphatic heterocycles. The van der Waals surface area contributed by atoms with Gasteiger partial charge in [-0.25, -0.2) is 0 Å². The highest BCUT2D eigenvalue weighted by atomic mass is 16.3. The van der Waals surface area contributed by atoms with Crippen molar-refractivity contribution in [2.75, 3.05) is 0 Å². The predicted octanol–water partition coefficient (Wildman–Crippen LogP) is 3.84. The third-order valence-electron chi connectivity index (χ3n) is 3.33. The molecule has 0 unspecified atom stereocenters. The molecular formula is C17H20O2. The average molecular weight is 256 g/mol. The maximum absolute atomic E-state index is 9.55. The molecule has 2 aromatic rings. The van der Waals surface area contributed by atoms with Crippen molar-refractivity contribution in [2.24, 2.45) is 0 Å². The lowest BCUT2D eigenvalue weighted by atomic mass is 9.97. The van der Waals surface area contributed by atoms with Gasteiger partial charge < -0.3 is 10.2 Å². The first-order valence-corrected chi connectivity index (χ1v) is 6.77. The molecule has 2 rings (SSSR count). The Hall–Kier alpha value is -1.96. The molecule has 0 fully saturated rings. The normalized spacial score (nSPS) is 10.6. The van der Waals surface area contributed by atoms with Crippen molar-refractivity contribution >= 4 is 0 Å². The summed E-state index contributed by atoms with van der Waals surface area (Å²) < 4.78 is 0. The van der Waals surface area contributed by atoms with Crippen molar-refractivity contribution in [1.29, 1.82) is 0 Å². The van der Waals surface area contributed by atoms with Crippen LogP contribution in [0.15, 0.2) is 42.5 Å². The topological polar surface area (TPSA) is 40.5 Å². The van der Waals surface area contributed by atoms with Crippen LogP contribution < -0.4 is 0 Å². The first-order chi connectivity index (χ1) is 9.19. The average Bonchev–Trinajstić information content (AvgIpc) is 2.40. The Bertz CT molecular complexity index is 529. The molecule has 0 aliphatic carbocycles. The first-order valence-electron chi connectivity index (χ1n) is 6.77. The Morgan fingerprint density at radius 2 is 1.42 bits per heavy atom. The summed E-state index contributed by atoms with van der Waals surface area (Å²) in [4.78, 5) is 0. The molecule has 0 spiro atoms. The van der Waals surface area contributed by atoms with Crippen LogP contribution in [-0.4, -0.2) is 10.2 Å². The molecule has 19 heavy (non-hydrogen) atoms. The summed E-state index contributed by atoms with van der Waals surface area (Å²) in [5.74, 6) is 0.650. The fraction of sp³-hybridized carbons (Fsp3) is 0.294. The van der Waals surface area contributed by atoms with Crippen LogP contribution in [0.4, 0.5) is 0 Å². The number of rotatable bonds is 5. The molecule has 2 nitrogen and oxygen atoms in total. The van der Waals surface area contributed by atoms with E-state index in [9.17, 15) is 10.2 Å². The third kappa shape index (κ3) is 3.75. The second-order valence-corrected chi connectivity index (χ2v) is 4.87. The largest absolute Gasteiger partial charge is 0.508 e. The molecule has 0 aromatic heterocycles. The Kier molecular flexibility index (Phi) is 4.45. The lowest BCUT2D eigenvalue weighted by molar-refractivity contribution is 0.473. The molecule has 0 atom stereocenters. The zero-order valence-corrected chi connectivity index (χ0v) is 11.3. The molecule has 0 aliphatic rings. The summed E-state index contributed by atoms with van der Waals surface area (Å²) in [5, 5.41) is 18.8. The predicted molar refractivity (Wildman–Crippen MR) is 77.6 cm³/mol. The van der Waals surface area contributed by atoms with Gasteiger partial charge >= 0.3 is 0 Å². The Balaban J connectivity index is 2.08. The lowest BCUT2D eigenvalue weighted by Crippen LogP contribution is -1.97. The van der Waals surface area contributed by atoms with E-state index in [0.29, 0.717) is 11.5 Å². The second kappa shape index (κ2) is 6.28. The van der Waals surface area contributed by atoms with Gasteiger partial charge in [-0.2, -0.15) is 0 Å². The van der Waals surface area contributed by atoms with Crippen LogP contribution in [0, 0.1) is 0 Å². The molecule has 0 saturated heterocycles. The van der Waals surface area contributed by atoms with Gasteiger partial charge in [-0.1, -0.05) is 31.5 Å². The van der Waals surface area contributed by atoms with E-state index in [4.69, 9.17) is 0 Å². The third-order valence-corrected chi connectivity index (χ3v) is 3.33. The van der Waals surface area contributed by atoms with E-state index in [2.05, 4.69) is 6.92 Å². The number of phenols is 2. The molecule has 2 heteroatoms. The van der Waals surface area contributed by atoms with Gasteiger partial charge in [0.1, 0.15) is 11.5 Å². The van der Waals surface area contributed by atoms with Gasteiger partial charge in [0.25, 0.3) is 0 Å². The van der Waals surface area contributed by atoms with Crippen LogP contribution in [0.1, 0.15) is 30.0 Å². The smallest absolute Gasteiger partial charge is 0.115 e. The summed E-state index contributed by atoms with van der Waals surface area (Å²) in [5.41, 5.74) is 3.75. The number of benzene rings is 2. The zero-order valence-electron chi connectivity index (χ0n) is 11.3. The van der Waals surface area contributed by atoms with Gasteiger partial charge in [0, 0.05) is 0 Å². The molecule has 2 aromatic carbocycles. The minimum atomic E-state index is 0.306. The second-order valence-electron chi connectivity index (χ2n) is 4.87. The van der Waals surface area contributed by atoms with E-state index in [-0.39, 0.29) is 0 Å². The molecule has 100 valence electrons. The maximum atomic E-state index is 9.55. The van der Waals surface area contributed by atoms with Crippen molar-refractivity contribution in [3.8, 4) is 11.5 Å². The summed E-state index contributed by atoms with van der Waals surface area (Å²) in [7, 11) is 0. The number of aromatic hydroxyl groups is 2. The number of hydrogen-bond donors (Lipinski definition) is 2. The quantitative estimate of drug-likeness (QED) is 0.853. The van der Waals surface area contributed by atoms with Crippen molar-refractivity contribution in [3.63, 3.8) is 0 Å². The summed E-state index contributed by atoms with van der Waals surface area (Å²) in [6.07, 6.45) is 3.98. The minimum absolute atomic E-state index is 0.306. The van der Waals surface area contributed by atoms with Gasteiger partial charge in [0.05, 0.1) is 0 Å². The highest BCUT2D eigenvalue weighted by molar-refractivity contribution is 5.36. The number of aryl methyl sites for hydroxylation is 3. The summed E-state index contributed by atoms with van der Waals surface area (Å²) in [6.45, 7) is 2.15. The molecule has 0 bridgehead atoms. The number of hydrogen-bond acceptors (Lipinski definition) is 2. The van der Waals surface area contributed by atoms with E-state index in [1.54, 1.807) is 18.2 Å². The van der Waals surface area contributed by atoms with E-state index < -0.39 is 0 Å². The van der Waals surface area contributed by atoms with E-state index in [0.717, 1.165) is 25.7 Å². The standard InChI is InChI=1S/C17H20O2/c1-2-3-15-12-17(19)11-8-14(15)7-4-13-5-9-16(18)10-6-13/h5-6,8-12,18-19H,2-4,7H2,1H3. The molecule has 2 N–H and O–H groups in total. The van der Waals surface area contributed by atoms with Crippen LogP contribution in [0.25, 0.3) is 0 Å². The van der Waals surface area contributed by atoms with Crippen molar-refractivity contribution in [2.45, 2.75) is 32.6 Å². The minimum Gasteiger partial charge on any atom is -0.508 e. The van der Waals surface area contributed by atoms with Gasteiger partial charge in [-0.15, -0.1) is 0 Å². The first kappa shape index (κ1) is 13.5. The Morgan fingerprint density at radius 3 is 2.11 bits per heavy atom. The molecule has 0 amide bonds. The summed E-state index contributed by atoms with van der Waals surface area (Å²) in [6, 6.07) is 13.0. The van der Waals surface area contributed by atoms with Crippen molar-refractivity contribution in [3.05, 3.63) is 59.2 Å². The van der Waals surface area contributed by atoms with Crippen molar-refractivity contribution < 1.29 is 10.2 Å². The van der Waals surface area contributed by atoms with Crippen LogP contribution in [0.5, 0.6) is 11.5 Å². The van der Waals surface area contributed by atoms with Crippen LogP contribution in [0.3, 0.4) is 0 Å². The van der Waals surface area contributed by atoms with Gasteiger partial charge in [0.15, 0.2) is 0 Å². The van der Waals surface area contributed by atoms with Gasteiger partial charge in [0.2, 0.25) is 0 Å². The molecule has 0 saturated carbocycles. The highest BCUT2D eigenvalue weighted by Gasteiger charge is 2.04. The maximum Gasteiger partial charge on any atom is 0.115 e. The van der Waals surface area contributed by atoms with Gasteiger partial charge in [-0.3, -0.25) is 0 Å². The molecule has 0 radical (unpaired) electrons. The van der Waals surface area contributed by atoms with Gasteiger partial charge in [-0.05, 0) is 60.2 Å². The van der Waals surface area contributed by atoms with Crippen LogP contribution in [0.2, 0.25) is 0 Å². The molecule has 0 heterocycles. The Labute approximate surface area is 114 Å². The fourth-order valence-electron chi connectivity index (χ4n) is 2.30. The van der Waals surface area contributed by atoms with Crippen LogP contribution >= 0.6 is 0 Å². The van der Waals surface area contributed by atoms with E-state index >= 15 is 0 Å². The number of phenolic OH excluding ortho intramolecular Hbond substituents is 2. The molecular weight excluding hydrogens is 236 g/mol. The lowest BCUT2D eigenvalue weighted by Gasteiger charge is -2.09. The zero-order chi connectivity index (χ0) is 13.7. The SMILES string of the molecule is CCCc1cc(O)ccc1CCc1ccc(O)cc1. The monoisotopic (exact) mass is 256 g/mol. The van der Waals surface area contributed by atoms with E-state index in [1.807, 2.05) is 24.3 Å². The van der Waals surface area contributed by atoms with E-state index in [1.165, 1.54) is 16.7 Å². The van der Waals surface area contributed by atoms with Crippen LogP contribution in [-0.2, 0) is 19.3 Å². The highest BCUT2D eigenvalue weighted by Crippen LogP contribution is 2.20. The summed E-state index contributed by atoms with van der Waals surface area (Å²) >= 11 is 0. The Morgan fingerprint density at radius 1 is 0.737 bits per heavy atom. The van der Waals surface area contributed by atoms with Crippen molar-refractivity contribution in [1.82, 2.24) is 0 Å².